The monoisotopic (exact) mass is 735 g/mol. The molecule has 0 aliphatic heterocycles. The van der Waals surface area contributed by atoms with Crippen LogP contribution in [-0.2, 0) is 0 Å². The number of nitrogens with zero attached hydrogens (tertiary/aromatic N) is 1. The highest BCUT2D eigenvalue weighted by atomic mass is 32.1. The standard InChI is InChI=1S/C52H33NS2/c1-2-11-35(12-3-1)41-14-6-8-19-47(41)53(40-29-23-37(24-30-40)43-17-10-18-45-44-16-7-9-20-48(44)55-52(43)45)39-27-21-34(22-28-39)38-26-31-49-46(33-38)51-42-15-5-4-13-36(42)25-32-50(51)54-49/h1-33H. The number of anilines is 3. The highest BCUT2D eigenvalue weighted by molar-refractivity contribution is 7.26. The lowest BCUT2D eigenvalue weighted by molar-refractivity contribution is 1.28. The summed E-state index contributed by atoms with van der Waals surface area (Å²) >= 11 is 3.75. The average molecular weight is 736 g/mol. The summed E-state index contributed by atoms with van der Waals surface area (Å²) in [5, 5.41) is 7.92. The molecule has 1 nitrogen and oxygen atoms in total. The predicted octanol–water partition coefficient (Wildman–Crippen LogP) is 16.0. The van der Waals surface area contributed by atoms with E-state index in [0.29, 0.717) is 0 Å². The zero-order valence-corrected chi connectivity index (χ0v) is 31.4. The van der Waals surface area contributed by atoms with E-state index in [2.05, 4.69) is 205 Å². The Hall–Kier alpha value is -6.52. The molecule has 0 aliphatic carbocycles. The third-order valence-electron chi connectivity index (χ3n) is 10.9. The Morgan fingerprint density at radius 3 is 1.76 bits per heavy atom. The second kappa shape index (κ2) is 13.1. The number of para-hydroxylation sites is 1. The minimum atomic E-state index is 1.11. The Bertz CT molecular complexity index is 3190. The van der Waals surface area contributed by atoms with E-state index in [4.69, 9.17) is 0 Å². The van der Waals surface area contributed by atoms with Crippen LogP contribution < -0.4 is 4.90 Å². The first-order valence-electron chi connectivity index (χ1n) is 18.7. The number of hydrogen-bond acceptors (Lipinski definition) is 3. The Kier molecular flexibility index (Phi) is 7.61. The zero-order valence-electron chi connectivity index (χ0n) is 29.8. The molecule has 258 valence electrons. The Morgan fingerprint density at radius 2 is 0.927 bits per heavy atom. The topological polar surface area (TPSA) is 3.24 Å². The van der Waals surface area contributed by atoms with Crippen molar-refractivity contribution >= 4 is 90.9 Å². The quantitative estimate of drug-likeness (QED) is 0.164. The van der Waals surface area contributed by atoms with Crippen LogP contribution in [0.4, 0.5) is 17.1 Å². The van der Waals surface area contributed by atoms with Crippen LogP contribution in [0.2, 0.25) is 0 Å². The van der Waals surface area contributed by atoms with E-state index in [-0.39, 0.29) is 0 Å². The first-order chi connectivity index (χ1) is 27.3. The van der Waals surface area contributed by atoms with Crippen molar-refractivity contribution in [1.82, 2.24) is 0 Å². The highest BCUT2D eigenvalue weighted by Gasteiger charge is 2.19. The molecule has 0 radical (unpaired) electrons. The molecular weight excluding hydrogens is 703 g/mol. The fourth-order valence-corrected chi connectivity index (χ4v) is 10.6. The number of benzene rings is 9. The summed E-state index contributed by atoms with van der Waals surface area (Å²) in [5.41, 5.74) is 10.7. The molecule has 11 aromatic rings. The second-order valence-electron chi connectivity index (χ2n) is 14.1. The van der Waals surface area contributed by atoms with E-state index in [9.17, 15) is 0 Å². The lowest BCUT2D eigenvalue weighted by atomic mass is 9.99. The third kappa shape index (κ3) is 5.43. The lowest BCUT2D eigenvalue weighted by Crippen LogP contribution is -2.11. The van der Waals surface area contributed by atoms with Crippen LogP contribution in [-0.4, -0.2) is 0 Å². The van der Waals surface area contributed by atoms with Crippen LogP contribution in [0.5, 0.6) is 0 Å². The van der Waals surface area contributed by atoms with Crippen LogP contribution in [0.3, 0.4) is 0 Å². The van der Waals surface area contributed by atoms with E-state index < -0.39 is 0 Å². The molecule has 0 spiro atoms. The summed E-state index contributed by atoms with van der Waals surface area (Å²) in [4.78, 5) is 2.40. The summed E-state index contributed by atoms with van der Waals surface area (Å²) in [6.45, 7) is 0. The number of thiophene rings is 2. The van der Waals surface area contributed by atoms with Crippen molar-refractivity contribution in [3.05, 3.63) is 200 Å². The van der Waals surface area contributed by atoms with Gasteiger partial charge in [0.1, 0.15) is 0 Å². The van der Waals surface area contributed by atoms with Gasteiger partial charge in [-0.3, -0.25) is 0 Å². The minimum absolute atomic E-state index is 1.11. The van der Waals surface area contributed by atoms with Gasteiger partial charge in [0, 0.05) is 57.3 Å². The minimum Gasteiger partial charge on any atom is -0.310 e. The van der Waals surface area contributed by atoms with Gasteiger partial charge in [-0.15, -0.1) is 22.7 Å². The van der Waals surface area contributed by atoms with E-state index >= 15 is 0 Å². The molecule has 2 heterocycles. The molecule has 0 N–H and O–H groups in total. The van der Waals surface area contributed by atoms with Gasteiger partial charge in [-0.25, -0.2) is 0 Å². The van der Waals surface area contributed by atoms with Gasteiger partial charge >= 0.3 is 0 Å². The molecule has 0 amide bonds. The SMILES string of the molecule is c1ccc(-c2ccccc2N(c2ccc(-c3ccc4sc5ccc6ccccc6c5c4c3)cc2)c2ccc(-c3cccc4c3sc3ccccc34)cc2)cc1. The molecule has 9 aromatic carbocycles. The smallest absolute Gasteiger partial charge is 0.0540 e. The molecule has 2 aromatic heterocycles. The predicted molar refractivity (Wildman–Crippen MR) is 241 cm³/mol. The van der Waals surface area contributed by atoms with Gasteiger partial charge in [0.15, 0.2) is 0 Å². The highest BCUT2D eigenvalue weighted by Crippen LogP contribution is 2.45. The summed E-state index contributed by atoms with van der Waals surface area (Å²) in [7, 11) is 0. The Labute approximate surface area is 327 Å². The van der Waals surface area contributed by atoms with E-state index in [0.717, 1.165) is 17.1 Å². The molecule has 11 rings (SSSR count). The number of fused-ring (bicyclic) bond motifs is 8. The average Bonchev–Trinajstić information content (AvgIpc) is 3.83. The molecular formula is C52H33NS2. The van der Waals surface area contributed by atoms with Crippen molar-refractivity contribution in [1.29, 1.82) is 0 Å². The van der Waals surface area contributed by atoms with Crippen LogP contribution in [0.25, 0.3) is 84.5 Å². The van der Waals surface area contributed by atoms with Gasteiger partial charge in [0.2, 0.25) is 0 Å². The van der Waals surface area contributed by atoms with Gasteiger partial charge < -0.3 is 4.90 Å². The van der Waals surface area contributed by atoms with Crippen molar-refractivity contribution in [3.63, 3.8) is 0 Å². The Balaban J connectivity index is 1.02. The van der Waals surface area contributed by atoms with E-state index in [1.54, 1.807) is 0 Å². The van der Waals surface area contributed by atoms with Gasteiger partial charge in [-0.05, 0) is 93.2 Å². The van der Waals surface area contributed by atoms with Crippen molar-refractivity contribution in [2.24, 2.45) is 0 Å². The van der Waals surface area contributed by atoms with Crippen LogP contribution in [0.15, 0.2) is 200 Å². The van der Waals surface area contributed by atoms with Crippen LogP contribution in [0, 0.1) is 0 Å². The summed E-state index contributed by atoms with van der Waals surface area (Å²) < 4.78 is 5.31. The van der Waals surface area contributed by atoms with Crippen LogP contribution in [0.1, 0.15) is 0 Å². The molecule has 0 atom stereocenters. The molecule has 55 heavy (non-hydrogen) atoms. The molecule has 3 heteroatoms. The summed E-state index contributed by atoms with van der Waals surface area (Å²) in [6.07, 6.45) is 0. The Morgan fingerprint density at radius 1 is 0.327 bits per heavy atom. The number of rotatable bonds is 6. The molecule has 0 unspecified atom stereocenters. The first kappa shape index (κ1) is 32.0. The van der Waals surface area contributed by atoms with Crippen molar-refractivity contribution < 1.29 is 0 Å². The van der Waals surface area contributed by atoms with Gasteiger partial charge in [-0.1, -0.05) is 146 Å². The van der Waals surface area contributed by atoms with Crippen molar-refractivity contribution in [2.45, 2.75) is 0 Å². The fourth-order valence-electron chi connectivity index (χ4n) is 8.25. The lowest BCUT2D eigenvalue weighted by Gasteiger charge is -2.28. The third-order valence-corrected chi connectivity index (χ3v) is 13.2. The number of hydrogen-bond donors (Lipinski definition) is 0. The maximum atomic E-state index is 2.40. The molecule has 0 aliphatic rings. The largest absolute Gasteiger partial charge is 0.310 e. The summed E-state index contributed by atoms with van der Waals surface area (Å²) in [5.74, 6) is 0. The van der Waals surface area contributed by atoms with E-state index in [1.807, 2.05) is 22.7 Å². The van der Waals surface area contributed by atoms with Gasteiger partial charge in [0.05, 0.1) is 5.69 Å². The maximum Gasteiger partial charge on any atom is 0.0540 e. The fraction of sp³-hybridized carbons (Fsp3) is 0. The normalized spacial score (nSPS) is 11.6. The van der Waals surface area contributed by atoms with Crippen molar-refractivity contribution in [2.75, 3.05) is 4.90 Å². The van der Waals surface area contributed by atoms with E-state index in [1.165, 1.54) is 84.5 Å². The van der Waals surface area contributed by atoms with Crippen LogP contribution >= 0.6 is 22.7 Å². The maximum absolute atomic E-state index is 2.40. The molecule has 0 bridgehead atoms. The van der Waals surface area contributed by atoms with Gasteiger partial charge in [-0.2, -0.15) is 0 Å². The molecule has 0 saturated carbocycles. The second-order valence-corrected chi connectivity index (χ2v) is 16.2. The summed E-state index contributed by atoms with van der Waals surface area (Å²) in [6, 6.07) is 73.3. The van der Waals surface area contributed by atoms with Crippen molar-refractivity contribution in [3.8, 4) is 33.4 Å². The molecule has 0 saturated heterocycles. The first-order valence-corrected chi connectivity index (χ1v) is 20.3. The van der Waals surface area contributed by atoms with Gasteiger partial charge in [0.25, 0.3) is 0 Å². The molecule has 0 fully saturated rings. The zero-order chi connectivity index (χ0) is 36.3.